The first-order valence-corrected chi connectivity index (χ1v) is 9.65. The maximum absolute atomic E-state index is 14.6. The van der Waals surface area contributed by atoms with Gasteiger partial charge in [0.2, 0.25) is 0 Å². The van der Waals surface area contributed by atoms with E-state index in [1.54, 1.807) is 13.1 Å². The summed E-state index contributed by atoms with van der Waals surface area (Å²) in [7, 11) is 1.56. The number of benzene rings is 1. The van der Waals surface area contributed by atoms with Crippen molar-refractivity contribution in [1.82, 2.24) is 14.8 Å². The smallest absolute Gasteiger partial charge is 0.419 e. The summed E-state index contributed by atoms with van der Waals surface area (Å²) in [6.07, 6.45) is -1.49. The lowest BCUT2D eigenvalue weighted by Crippen LogP contribution is -2.43. The van der Waals surface area contributed by atoms with Gasteiger partial charge >= 0.3 is 6.18 Å². The van der Waals surface area contributed by atoms with E-state index >= 15 is 0 Å². The van der Waals surface area contributed by atoms with Crippen molar-refractivity contribution in [2.45, 2.75) is 31.2 Å². The normalized spacial score (nSPS) is 21.3. The maximum Gasteiger partial charge on any atom is 0.419 e. The number of hydrogen-bond acceptors (Lipinski definition) is 5. The summed E-state index contributed by atoms with van der Waals surface area (Å²) in [6.45, 7) is 1.35. The first kappa shape index (κ1) is 20.0. The highest BCUT2D eigenvalue weighted by Gasteiger charge is 2.38. The van der Waals surface area contributed by atoms with Crippen LogP contribution in [0.25, 0.3) is 22.2 Å². The molecule has 1 N–H and O–H groups in total. The fourth-order valence-corrected chi connectivity index (χ4v) is 4.32. The molecule has 3 aromatic rings. The molecule has 0 aliphatic carbocycles. The molecule has 0 saturated carbocycles. The Morgan fingerprint density at radius 1 is 1.10 bits per heavy atom. The van der Waals surface area contributed by atoms with Crippen molar-refractivity contribution in [2.75, 3.05) is 18.0 Å². The highest BCUT2D eigenvalue weighted by atomic mass is 19.4. The number of hydrogen-bond donors (Lipinski definition) is 1. The van der Waals surface area contributed by atoms with E-state index in [9.17, 15) is 27.1 Å². The molecule has 31 heavy (non-hydrogen) atoms. The SMILES string of the molecule is Cn1nc(-c2cc(C(F)(F)F)c(F)c(O)c2F)c2cnc(N3C[C@H]4CC[C@@H](C3)O4)cc21. The van der Waals surface area contributed by atoms with E-state index in [0.717, 1.165) is 12.8 Å². The van der Waals surface area contributed by atoms with Crippen LogP contribution in [0, 0.1) is 11.6 Å². The Kier molecular flexibility index (Phi) is 4.37. The molecule has 2 aliphatic rings. The van der Waals surface area contributed by atoms with Crippen molar-refractivity contribution in [3.63, 3.8) is 0 Å². The predicted octanol–water partition coefficient (Wildman–Crippen LogP) is 4.01. The monoisotopic (exact) mass is 440 g/mol. The van der Waals surface area contributed by atoms with Gasteiger partial charge < -0.3 is 14.7 Å². The number of aromatic nitrogens is 3. The van der Waals surface area contributed by atoms with Gasteiger partial charge in [-0.05, 0) is 18.9 Å². The second-order valence-corrected chi connectivity index (χ2v) is 7.84. The predicted molar refractivity (Wildman–Crippen MR) is 101 cm³/mol. The number of alkyl halides is 3. The molecular formula is C20H17F5N4O2. The summed E-state index contributed by atoms with van der Waals surface area (Å²) in [5, 5.41) is 14.0. The average Bonchev–Trinajstić information content (AvgIpc) is 3.23. The molecule has 2 aromatic heterocycles. The largest absolute Gasteiger partial charge is 0.503 e. The van der Waals surface area contributed by atoms with E-state index in [0.29, 0.717) is 30.5 Å². The molecule has 2 saturated heterocycles. The van der Waals surface area contributed by atoms with Gasteiger partial charge in [-0.15, -0.1) is 0 Å². The third kappa shape index (κ3) is 3.18. The van der Waals surface area contributed by atoms with Crippen molar-refractivity contribution in [1.29, 1.82) is 0 Å². The van der Waals surface area contributed by atoms with E-state index in [4.69, 9.17) is 4.74 Å². The number of ether oxygens (including phenoxy) is 1. The lowest BCUT2D eigenvalue weighted by Gasteiger charge is -2.32. The highest BCUT2D eigenvalue weighted by Crippen LogP contribution is 2.42. The molecule has 164 valence electrons. The first-order chi connectivity index (χ1) is 14.6. The molecule has 1 aromatic carbocycles. The van der Waals surface area contributed by atoms with Crippen LogP contribution in [-0.4, -0.2) is 45.2 Å². The fraction of sp³-hybridized carbons (Fsp3) is 0.400. The van der Waals surface area contributed by atoms with Crippen molar-refractivity contribution in [3.05, 3.63) is 35.5 Å². The minimum Gasteiger partial charge on any atom is -0.503 e. The zero-order valence-electron chi connectivity index (χ0n) is 16.2. The van der Waals surface area contributed by atoms with Gasteiger partial charge in [0.15, 0.2) is 17.4 Å². The number of fused-ring (bicyclic) bond motifs is 3. The summed E-state index contributed by atoms with van der Waals surface area (Å²) in [5.74, 6) is -4.62. The van der Waals surface area contributed by atoms with Gasteiger partial charge in [0, 0.05) is 43.4 Å². The quantitative estimate of drug-likeness (QED) is 0.611. The standard InChI is InChI=1S/C20H17F5N4O2/c1-28-14-5-15(29-7-9-2-3-10(8-29)31-9)26-6-12(14)18(27-28)11-4-13(20(23,24)25)17(22)19(30)16(11)21/h4-6,9-10,30H,2-3,7-8H2,1H3/t9-,10+. The Morgan fingerprint density at radius 2 is 1.77 bits per heavy atom. The van der Waals surface area contributed by atoms with Crippen LogP contribution in [0.2, 0.25) is 0 Å². The molecule has 2 fully saturated rings. The number of aryl methyl sites for hydroxylation is 1. The van der Waals surface area contributed by atoms with Crippen LogP contribution in [-0.2, 0) is 18.0 Å². The Bertz CT molecular complexity index is 1180. The number of nitrogens with zero attached hydrogens (tertiary/aromatic N) is 4. The number of halogens is 5. The number of phenolic OH excluding ortho intramolecular Hbond substituents is 1. The lowest BCUT2D eigenvalue weighted by molar-refractivity contribution is -0.140. The summed E-state index contributed by atoms with van der Waals surface area (Å²) in [5.41, 5.74) is -2.09. The minimum atomic E-state index is -5.12. The molecule has 11 heteroatoms. The molecule has 0 spiro atoms. The molecule has 5 rings (SSSR count). The van der Waals surface area contributed by atoms with Crippen molar-refractivity contribution in [3.8, 4) is 17.0 Å². The highest BCUT2D eigenvalue weighted by molar-refractivity contribution is 5.94. The summed E-state index contributed by atoms with van der Waals surface area (Å²) in [4.78, 5) is 6.48. The van der Waals surface area contributed by atoms with Crippen LogP contribution < -0.4 is 4.90 Å². The molecule has 0 unspecified atom stereocenters. The topological polar surface area (TPSA) is 63.4 Å². The van der Waals surface area contributed by atoms with E-state index in [1.807, 2.05) is 0 Å². The molecular weight excluding hydrogens is 423 g/mol. The number of rotatable bonds is 2. The van der Waals surface area contributed by atoms with E-state index < -0.39 is 34.7 Å². The molecule has 0 radical (unpaired) electrons. The number of aromatic hydroxyl groups is 1. The summed E-state index contributed by atoms with van der Waals surface area (Å²) < 4.78 is 75.1. The lowest BCUT2D eigenvalue weighted by atomic mass is 10.0. The van der Waals surface area contributed by atoms with Crippen molar-refractivity contribution in [2.24, 2.45) is 7.05 Å². The number of phenols is 1. The van der Waals surface area contributed by atoms with Gasteiger partial charge in [-0.25, -0.2) is 13.8 Å². The van der Waals surface area contributed by atoms with Gasteiger partial charge in [0.1, 0.15) is 11.5 Å². The second kappa shape index (κ2) is 6.78. The van der Waals surface area contributed by atoms with E-state index in [1.165, 1.54) is 10.9 Å². The first-order valence-electron chi connectivity index (χ1n) is 9.65. The maximum atomic E-state index is 14.6. The summed E-state index contributed by atoms with van der Waals surface area (Å²) in [6, 6.07) is 2.04. The second-order valence-electron chi connectivity index (χ2n) is 7.84. The number of pyridine rings is 1. The van der Waals surface area contributed by atoms with Gasteiger partial charge in [-0.1, -0.05) is 0 Å². The Balaban J connectivity index is 1.62. The number of morpholine rings is 1. The fourth-order valence-electron chi connectivity index (χ4n) is 4.32. The Morgan fingerprint density at radius 3 is 2.42 bits per heavy atom. The molecule has 4 heterocycles. The van der Waals surface area contributed by atoms with Crippen LogP contribution in [0.5, 0.6) is 5.75 Å². The van der Waals surface area contributed by atoms with Crippen molar-refractivity contribution < 1.29 is 31.8 Å². The van der Waals surface area contributed by atoms with Gasteiger partial charge in [0.05, 0.1) is 23.3 Å². The van der Waals surface area contributed by atoms with Crippen LogP contribution in [0.15, 0.2) is 18.3 Å². The minimum absolute atomic E-state index is 0.135. The molecule has 2 aliphatic heterocycles. The summed E-state index contributed by atoms with van der Waals surface area (Å²) >= 11 is 0. The average molecular weight is 440 g/mol. The Hall–Kier alpha value is -2.95. The van der Waals surface area contributed by atoms with Gasteiger partial charge in [0.25, 0.3) is 0 Å². The zero-order chi connectivity index (χ0) is 22.1. The van der Waals surface area contributed by atoms with E-state index in [-0.39, 0.29) is 23.3 Å². The molecule has 6 nitrogen and oxygen atoms in total. The van der Waals surface area contributed by atoms with Crippen LogP contribution >= 0.6 is 0 Å². The number of anilines is 1. The molecule has 0 amide bonds. The van der Waals surface area contributed by atoms with E-state index in [2.05, 4.69) is 15.0 Å². The Labute approximate surface area is 172 Å². The van der Waals surface area contributed by atoms with Crippen LogP contribution in [0.3, 0.4) is 0 Å². The molecule has 2 atom stereocenters. The van der Waals surface area contributed by atoms with Crippen molar-refractivity contribution >= 4 is 16.7 Å². The van der Waals surface area contributed by atoms with Gasteiger partial charge in [-0.2, -0.15) is 18.3 Å². The third-order valence-electron chi connectivity index (χ3n) is 5.83. The zero-order valence-corrected chi connectivity index (χ0v) is 16.2. The van der Waals surface area contributed by atoms with Crippen LogP contribution in [0.4, 0.5) is 27.8 Å². The van der Waals surface area contributed by atoms with Crippen LogP contribution in [0.1, 0.15) is 18.4 Å². The van der Waals surface area contributed by atoms with Gasteiger partial charge in [-0.3, -0.25) is 4.68 Å². The third-order valence-corrected chi connectivity index (χ3v) is 5.83. The molecule has 2 bridgehead atoms.